The molecule has 3 aromatic rings. The lowest BCUT2D eigenvalue weighted by molar-refractivity contribution is 0.280. The number of aliphatic hydroxyl groups excluding tert-OH is 1. The molecule has 0 aliphatic heterocycles. The van der Waals surface area contributed by atoms with Gasteiger partial charge >= 0.3 is 0 Å². The van der Waals surface area contributed by atoms with Crippen molar-refractivity contribution in [3.8, 4) is 5.69 Å². The summed E-state index contributed by atoms with van der Waals surface area (Å²) in [7, 11) is 0. The van der Waals surface area contributed by atoms with Crippen LogP contribution < -0.4 is 0 Å². The van der Waals surface area contributed by atoms with Gasteiger partial charge in [0.1, 0.15) is 17.3 Å². The van der Waals surface area contributed by atoms with Crippen molar-refractivity contribution in [2.75, 3.05) is 0 Å². The normalized spacial score (nSPS) is 11.1. The average molecular weight is 279 g/mol. The van der Waals surface area contributed by atoms with Gasteiger partial charge in [-0.15, -0.1) is 0 Å². The Bertz CT molecular complexity index is 759. The van der Waals surface area contributed by atoms with Crippen molar-refractivity contribution < 1.29 is 9.50 Å². The quantitative estimate of drug-likeness (QED) is 0.729. The summed E-state index contributed by atoms with van der Waals surface area (Å²) in [5.41, 5.74) is 1.47. The molecule has 19 heavy (non-hydrogen) atoms. The number of fused-ring (bicyclic) bond motifs is 1. The van der Waals surface area contributed by atoms with E-state index >= 15 is 0 Å². The van der Waals surface area contributed by atoms with Gasteiger partial charge in [0.25, 0.3) is 0 Å². The second-order valence-electron chi connectivity index (χ2n) is 3.89. The minimum atomic E-state index is -0.420. The van der Waals surface area contributed by atoms with Gasteiger partial charge in [0.15, 0.2) is 5.65 Å². The van der Waals surface area contributed by atoms with Gasteiger partial charge in [-0.2, -0.15) is 5.10 Å². The first-order chi connectivity index (χ1) is 9.20. The largest absolute Gasteiger partial charge is 0.392 e. The van der Waals surface area contributed by atoms with Crippen molar-refractivity contribution in [3.63, 3.8) is 0 Å². The van der Waals surface area contributed by atoms with E-state index in [4.69, 9.17) is 11.6 Å². The van der Waals surface area contributed by atoms with E-state index in [2.05, 4.69) is 15.1 Å². The molecule has 0 amide bonds. The molecule has 0 aliphatic rings. The fourth-order valence-corrected chi connectivity index (χ4v) is 2.06. The second kappa shape index (κ2) is 4.56. The van der Waals surface area contributed by atoms with E-state index in [-0.39, 0.29) is 6.61 Å². The van der Waals surface area contributed by atoms with Gasteiger partial charge in [0.2, 0.25) is 0 Å². The Morgan fingerprint density at radius 3 is 2.95 bits per heavy atom. The van der Waals surface area contributed by atoms with Gasteiger partial charge in [-0.25, -0.2) is 19.0 Å². The number of halogens is 2. The SMILES string of the molecule is OCc1cc(F)ccc1-n1ncc2c(Cl)ncnc21. The van der Waals surface area contributed by atoms with E-state index in [0.717, 1.165) is 0 Å². The van der Waals surface area contributed by atoms with Crippen LogP contribution in [0.25, 0.3) is 16.7 Å². The molecule has 0 bridgehead atoms. The third-order valence-corrected chi connectivity index (χ3v) is 3.06. The second-order valence-corrected chi connectivity index (χ2v) is 4.25. The summed E-state index contributed by atoms with van der Waals surface area (Å²) in [5.74, 6) is -0.420. The maximum Gasteiger partial charge on any atom is 0.167 e. The molecular weight excluding hydrogens is 271 g/mol. The highest BCUT2D eigenvalue weighted by Crippen LogP contribution is 2.23. The number of hydrogen-bond donors (Lipinski definition) is 1. The van der Waals surface area contributed by atoms with Crippen molar-refractivity contribution in [1.82, 2.24) is 19.7 Å². The standard InChI is InChI=1S/C12H8ClFN4O/c13-11-9-4-17-18(12(9)16-6-15-11)10-2-1-8(14)3-7(10)5-19/h1-4,6,19H,5H2. The number of nitrogens with zero attached hydrogens (tertiary/aromatic N) is 4. The van der Waals surface area contributed by atoms with Crippen LogP contribution in [0.15, 0.2) is 30.7 Å². The Morgan fingerprint density at radius 1 is 1.32 bits per heavy atom. The van der Waals surface area contributed by atoms with Gasteiger partial charge in [-0.1, -0.05) is 11.6 Å². The highest BCUT2D eigenvalue weighted by molar-refractivity contribution is 6.33. The van der Waals surface area contributed by atoms with Crippen LogP contribution in [0.3, 0.4) is 0 Å². The topological polar surface area (TPSA) is 63.8 Å². The lowest BCUT2D eigenvalue weighted by atomic mass is 10.2. The van der Waals surface area contributed by atoms with E-state index in [9.17, 15) is 9.50 Å². The van der Waals surface area contributed by atoms with Crippen LogP contribution in [0.5, 0.6) is 0 Å². The fraction of sp³-hybridized carbons (Fsp3) is 0.0833. The summed E-state index contributed by atoms with van der Waals surface area (Å²) in [6.07, 6.45) is 2.85. The summed E-state index contributed by atoms with van der Waals surface area (Å²) in [6.45, 7) is -0.298. The highest BCUT2D eigenvalue weighted by atomic mass is 35.5. The van der Waals surface area contributed by atoms with E-state index in [1.54, 1.807) is 0 Å². The van der Waals surface area contributed by atoms with Crippen molar-refractivity contribution in [2.45, 2.75) is 6.61 Å². The molecule has 0 aliphatic carbocycles. The summed E-state index contributed by atoms with van der Waals surface area (Å²) < 4.78 is 14.7. The molecule has 0 fully saturated rings. The fourth-order valence-electron chi connectivity index (χ4n) is 1.88. The number of benzene rings is 1. The third-order valence-electron chi connectivity index (χ3n) is 2.76. The highest BCUT2D eigenvalue weighted by Gasteiger charge is 2.12. The molecule has 3 rings (SSSR count). The Morgan fingerprint density at radius 2 is 2.16 bits per heavy atom. The predicted octanol–water partition coefficient (Wildman–Crippen LogP) is 2.10. The zero-order valence-corrected chi connectivity index (χ0v) is 10.3. The van der Waals surface area contributed by atoms with Crippen LogP contribution in [-0.4, -0.2) is 24.9 Å². The number of rotatable bonds is 2. The summed E-state index contributed by atoms with van der Waals surface area (Å²) >= 11 is 5.94. The van der Waals surface area contributed by atoms with Gasteiger partial charge in [0.05, 0.1) is 23.9 Å². The summed E-state index contributed by atoms with van der Waals surface area (Å²) in [4.78, 5) is 7.97. The number of aromatic nitrogens is 4. The predicted molar refractivity (Wildman–Crippen MR) is 67.6 cm³/mol. The van der Waals surface area contributed by atoms with Crippen LogP contribution in [0.2, 0.25) is 5.15 Å². The molecule has 2 heterocycles. The van der Waals surface area contributed by atoms with Gasteiger partial charge in [0, 0.05) is 5.56 Å². The number of aliphatic hydroxyl groups is 1. The molecule has 0 spiro atoms. The van der Waals surface area contributed by atoms with E-state index in [0.29, 0.717) is 27.4 Å². The molecule has 0 unspecified atom stereocenters. The molecular formula is C12H8ClFN4O. The first-order valence-corrected chi connectivity index (χ1v) is 5.82. The van der Waals surface area contributed by atoms with Crippen molar-refractivity contribution in [1.29, 1.82) is 0 Å². The van der Waals surface area contributed by atoms with Crippen molar-refractivity contribution >= 4 is 22.6 Å². The van der Waals surface area contributed by atoms with Gasteiger partial charge in [-0.3, -0.25) is 0 Å². The van der Waals surface area contributed by atoms with Crippen molar-refractivity contribution in [2.24, 2.45) is 0 Å². The molecule has 0 atom stereocenters. The Kier molecular flexibility index (Phi) is 2.88. The molecule has 0 saturated heterocycles. The van der Waals surface area contributed by atoms with E-state index in [1.165, 1.54) is 35.4 Å². The lowest BCUT2D eigenvalue weighted by Crippen LogP contribution is -2.03. The maximum atomic E-state index is 13.2. The zero-order valence-electron chi connectivity index (χ0n) is 9.59. The Labute approximate surface area is 112 Å². The third kappa shape index (κ3) is 1.94. The Hall–Kier alpha value is -2.05. The molecule has 2 aromatic heterocycles. The maximum absolute atomic E-state index is 13.2. The minimum Gasteiger partial charge on any atom is -0.392 e. The molecule has 1 N–H and O–H groups in total. The molecule has 1 aromatic carbocycles. The number of hydrogen-bond acceptors (Lipinski definition) is 4. The first kappa shape index (κ1) is 12.0. The molecule has 5 nitrogen and oxygen atoms in total. The van der Waals surface area contributed by atoms with Crippen LogP contribution >= 0.6 is 11.6 Å². The Balaban J connectivity index is 2.28. The monoisotopic (exact) mass is 278 g/mol. The summed E-state index contributed by atoms with van der Waals surface area (Å²) in [6, 6.07) is 4.08. The van der Waals surface area contributed by atoms with E-state index in [1.807, 2.05) is 0 Å². The lowest BCUT2D eigenvalue weighted by Gasteiger charge is -2.08. The first-order valence-electron chi connectivity index (χ1n) is 5.44. The summed E-state index contributed by atoms with van der Waals surface area (Å²) in [5, 5.41) is 14.4. The minimum absolute atomic E-state index is 0.295. The van der Waals surface area contributed by atoms with Gasteiger partial charge in [-0.05, 0) is 18.2 Å². The van der Waals surface area contributed by atoms with Crippen molar-refractivity contribution in [3.05, 3.63) is 47.3 Å². The van der Waals surface area contributed by atoms with Crippen LogP contribution in [-0.2, 0) is 6.61 Å². The molecule has 0 radical (unpaired) electrons. The zero-order chi connectivity index (χ0) is 13.4. The average Bonchev–Trinajstić information content (AvgIpc) is 2.84. The molecule has 0 saturated carbocycles. The smallest absolute Gasteiger partial charge is 0.167 e. The molecule has 7 heteroatoms. The molecule has 96 valence electrons. The van der Waals surface area contributed by atoms with E-state index < -0.39 is 5.82 Å². The van der Waals surface area contributed by atoms with Crippen LogP contribution in [0.1, 0.15) is 5.56 Å². The van der Waals surface area contributed by atoms with Crippen LogP contribution in [0, 0.1) is 5.82 Å². The van der Waals surface area contributed by atoms with Gasteiger partial charge < -0.3 is 5.11 Å². The van der Waals surface area contributed by atoms with Crippen LogP contribution in [0.4, 0.5) is 4.39 Å².